The number of rotatable bonds is 5. The molecule has 1 aromatic rings. The number of halogens is 1. The minimum Gasteiger partial charge on any atom is -0.497 e. The third-order valence-corrected chi connectivity index (χ3v) is 2.28. The predicted molar refractivity (Wildman–Crippen MR) is 85.0 cm³/mol. The lowest BCUT2D eigenvalue weighted by atomic mass is 10.3. The molecule has 1 unspecified atom stereocenters. The summed E-state index contributed by atoms with van der Waals surface area (Å²) < 4.78 is 10.1. The molecule has 0 amide bonds. The van der Waals surface area contributed by atoms with E-state index in [2.05, 4.69) is 10.3 Å². The Morgan fingerprint density at radius 3 is 2.44 bits per heavy atom. The number of hydrogen-bond donors (Lipinski definition) is 2. The van der Waals surface area contributed by atoms with Crippen LogP contribution in [0.2, 0.25) is 0 Å². The van der Waals surface area contributed by atoms with Crippen LogP contribution in [0.15, 0.2) is 29.3 Å². The van der Waals surface area contributed by atoms with Gasteiger partial charge in [0.25, 0.3) is 0 Å². The average molecular weight is 365 g/mol. The van der Waals surface area contributed by atoms with Gasteiger partial charge in [0, 0.05) is 12.8 Å². The normalized spacial score (nSPS) is 12.5. The molecule has 0 aliphatic carbocycles. The smallest absolute Gasteiger partial charge is 0.193 e. The molecule has 3 N–H and O–H groups in total. The molecule has 0 bridgehead atoms. The zero-order chi connectivity index (χ0) is 12.7. The van der Waals surface area contributed by atoms with E-state index in [1.807, 2.05) is 31.2 Å². The van der Waals surface area contributed by atoms with E-state index in [9.17, 15) is 0 Å². The lowest BCUT2D eigenvalue weighted by molar-refractivity contribution is 0.125. The Morgan fingerprint density at radius 1 is 1.33 bits per heavy atom. The number of anilines is 1. The number of benzene rings is 1. The van der Waals surface area contributed by atoms with Crippen LogP contribution in [0, 0.1) is 0 Å². The fourth-order valence-corrected chi connectivity index (χ4v) is 1.16. The fourth-order valence-electron chi connectivity index (χ4n) is 1.16. The zero-order valence-corrected chi connectivity index (χ0v) is 13.2. The molecule has 0 aromatic heterocycles. The number of nitrogens with two attached hydrogens (primary N) is 1. The second kappa shape index (κ2) is 8.98. The summed E-state index contributed by atoms with van der Waals surface area (Å²) >= 11 is 0. The SMILES string of the molecule is COc1ccc(NC(N)=NCC(C)OC)cc1.I. The minimum atomic E-state index is 0. The molecule has 0 aliphatic rings. The van der Waals surface area contributed by atoms with Crippen molar-refractivity contribution in [3.05, 3.63) is 24.3 Å². The largest absolute Gasteiger partial charge is 0.497 e. The van der Waals surface area contributed by atoms with Gasteiger partial charge in [-0.15, -0.1) is 24.0 Å². The molecule has 1 aromatic carbocycles. The summed E-state index contributed by atoms with van der Waals surface area (Å²) in [4.78, 5) is 4.16. The molecule has 0 radical (unpaired) electrons. The zero-order valence-electron chi connectivity index (χ0n) is 10.8. The van der Waals surface area contributed by atoms with Crippen LogP contribution in [-0.4, -0.2) is 32.8 Å². The maximum Gasteiger partial charge on any atom is 0.193 e. The monoisotopic (exact) mass is 365 g/mol. The van der Waals surface area contributed by atoms with Crippen molar-refractivity contribution >= 4 is 35.6 Å². The molecule has 1 rings (SSSR count). The Balaban J connectivity index is 0.00000289. The number of guanidine groups is 1. The number of ether oxygens (including phenoxy) is 2. The van der Waals surface area contributed by atoms with Gasteiger partial charge in [-0.05, 0) is 31.2 Å². The van der Waals surface area contributed by atoms with Gasteiger partial charge >= 0.3 is 0 Å². The van der Waals surface area contributed by atoms with Crippen LogP contribution in [0.5, 0.6) is 5.75 Å². The van der Waals surface area contributed by atoms with Crippen molar-refractivity contribution in [3.8, 4) is 5.75 Å². The van der Waals surface area contributed by atoms with E-state index in [-0.39, 0.29) is 30.1 Å². The number of hydrogen-bond acceptors (Lipinski definition) is 3. The van der Waals surface area contributed by atoms with Crippen LogP contribution >= 0.6 is 24.0 Å². The third-order valence-electron chi connectivity index (χ3n) is 2.28. The molecule has 0 aliphatic heterocycles. The topological polar surface area (TPSA) is 68.9 Å². The van der Waals surface area contributed by atoms with Gasteiger partial charge in [-0.2, -0.15) is 0 Å². The first-order valence-electron chi connectivity index (χ1n) is 5.39. The van der Waals surface area contributed by atoms with Crippen molar-refractivity contribution in [2.45, 2.75) is 13.0 Å². The van der Waals surface area contributed by atoms with Crippen molar-refractivity contribution in [2.75, 3.05) is 26.1 Å². The van der Waals surface area contributed by atoms with E-state index < -0.39 is 0 Å². The lowest BCUT2D eigenvalue weighted by Crippen LogP contribution is -2.24. The van der Waals surface area contributed by atoms with Gasteiger partial charge in [0.15, 0.2) is 5.96 Å². The summed E-state index contributed by atoms with van der Waals surface area (Å²) in [5.41, 5.74) is 6.60. The average Bonchev–Trinajstić information content (AvgIpc) is 2.36. The maximum absolute atomic E-state index is 5.73. The summed E-state index contributed by atoms with van der Waals surface area (Å²) in [6.07, 6.45) is 0.0613. The molecule has 5 nitrogen and oxygen atoms in total. The van der Waals surface area contributed by atoms with Crippen molar-refractivity contribution in [3.63, 3.8) is 0 Å². The summed E-state index contributed by atoms with van der Waals surface area (Å²) in [5.74, 6) is 1.18. The Kier molecular flexibility index (Phi) is 8.47. The van der Waals surface area contributed by atoms with Gasteiger partial charge in [0.05, 0.1) is 19.8 Å². The second-order valence-corrected chi connectivity index (χ2v) is 3.63. The summed E-state index contributed by atoms with van der Waals surface area (Å²) in [6, 6.07) is 7.46. The van der Waals surface area contributed by atoms with Crippen LogP contribution in [0.25, 0.3) is 0 Å². The number of nitrogens with one attached hydrogen (secondary N) is 1. The Hall–Kier alpha value is -1.02. The minimum absolute atomic E-state index is 0. The summed E-state index contributed by atoms with van der Waals surface area (Å²) in [7, 11) is 3.28. The van der Waals surface area contributed by atoms with Gasteiger partial charge in [0.2, 0.25) is 0 Å². The molecule has 1 atom stereocenters. The summed E-state index contributed by atoms with van der Waals surface area (Å²) in [5, 5.41) is 2.99. The van der Waals surface area contributed by atoms with E-state index in [0.717, 1.165) is 11.4 Å². The lowest BCUT2D eigenvalue weighted by Gasteiger charge is -2.08. The Labute approximate surface area is 125 Å². The Bertz CT molecular complexity index is 368. The highest BCUT2D eigenvalue weighted by atomic mass is 127. The van der Waals surface area contributed by atoms with E-state index >= 15 is 0 Å². The predicted octanol–water partition coefficient (Wildman–Crippen LogP) is 2.07. The van der Waals surface area contributed by atoms with Crippen LogP contribution in [0.3, 0.4) is 0 Å². The third kappa shape index (κ3) is 6.06. The van der Waals surface area contributed by atoms with Crippen LogP contribution in [0.1, 0.15) is 6.92 Å². The maximum atomic E-state index is 5.73. The van der Waals surface area contributed by atoms with Gasteiger partial charge in [-0.25, -0.2) is 0 Å². The molecule has 0 fully saturated rings. The highest BCUT2D eigenvalue weighted by Crippen LogP contribution is 2.14. The van der Waals surface area contributed by atoms with Crippen molar-refractivity contribution in [2.24, 2.45) is 10.7 Å². The molecular weight excluding hydrogens is 345 g/mol. The van der Waals surface area contributed by atoms with Gasteiger partial charge in [-0.1, -0.05) is 0 Å². The highest BCUT2D eigenvalue weighted by molar-refractivity contribution is 14.0. The first kappa shape index (κ1) is 17.0. The first-order valence-corrected chi connectivity index (χ1v) is 5.39. The van der Waals surface area contributed by atoms with Crippen LogP contribution in [0.4, 0.5) is 5.69 Å². The van der Waals surface area contributed by atoms with Crippen LogP contribution < -0.4 is 15.8 Å². The van der Waals surface area contributed by atoms with Crippen LogP contribution in [-0.2, 0) is 4.74 Å². The van der Waals surface area contributed by atoms with Gasteiger partial charge in [0.1, 0.15) is 5.75 Å². The molecule has 6 heteroatoms. The van der Waals surface area contributed by atoms with Crippen molar-refractivity contribution in [1.82, 2.24) is 0 Å². The number of nitrogens with zero attached hydrogens (tertiary/aromatic N) is 1. The quantitative estimate of drug-likeness (QED) is 0.476. The molecular formula is C12H20IN3O2. The summed E-state index contributed by atoms with van der Waals surface area (Å²) in [6.45, 7) is 2.47. The second-order valence-electron chi connectivity index (χ2n) is 3.63. The molecule has 102 valence electrons. The molecule has 0 heterocycles. The highest BCUT2D eigenvalue weighted by Gasteiger charge is 1.99. The molecule has 0 saturated heterocycles. The van der Waals surface area contributed by atoms with E-state index in [1.165, 1.54) is 0 Å². The molecule has 18 heavy (non-hydrogen) atoms. The first-order chi connectivity index (χ1) is 8.15. The Morgan fingerprint density at radius 2 is 1.94 bits per heavy atom. The van der Waals surface area contributed by atoms with E-state index in [1.54, 1.807) is 14.2 Å². The van der Waals surface area contributed by atoms with Gasteiger partial charge < -0.3 is 20.5 Å². The van der Waals surface area contributed by atoms with E-state index in [4.69, 9.17) is 15.2 Å². The number of aliphatic imine (C=N–C) groups is 1. The number of methoxy groups -OCH3 is 2. The molecule has 0 spiro atoms. The van der Waals surface area contributed by atoms with Gasteiger partial charge in [-0.3, -0.25) is 4.99 Å². The molecule has 0 saturated carbocycles. The van der Waals surface area contributed by atoms with Crippen molar-refractivity contribution in [1.29, 1.82) is 0 Å². The van der Waals surface area contributed by atoms with Crippen molar-refractivity contribution < 1.29 is 9.47 Å². The standard InChI is InChI=1S/C12H19N3O2.HI/c1-9(16-2)8-14-12(13)15-10-4-6-11(17-3)7-5-10;/h4-7,9H,8H2,1-3H3,(H3,13,14,15);1H. The van der Waals surface area contributed by atoms with E-state index in [0.29, 0.717) is 12.5 Å². The fraction of sp³-hybridized carbons (Fsp3) is 0.417.